The topological polar surface area (TPSA) is 109 Å². The van der Waals surface area contributed by atoms with Gasteiger partial charge in [0.25, 0.3) is 0 Å². The normalized spacial score (nSPS) is 15.6. The summed E-state index contributed by atoms with van der Waals surface area (Å²) >= 11 is 6.15. The molecule has 1 aliphatic heterocycles. The van der Waals surface area contributed by atoms with Crippen LogP contribution in [-0.4, -0.2) is 34.1 Å². The van der Waals surface area contributed by atoms with E-state index in [0.29, 0.717) is 30.9 Å². The number of aromatic amines is 1. The Labute approximate surface area is 179 Å². The van der Waals surface area contributed by atoms with Crippen molar-refractivity contribution in [2.24, 2.45) is 0 Å². The number of alkyl halides is 1. The maximum Gasteiger partial charge on any atom is 0.248 e. The van der Waals surface area contributed by atoms with Gasteiger partial charge in [-0.25, -0.2) is 9.37 Å². The Morgan fingerprint density at radius 2 is 2.13 bits per heavy atom. The molecular formula is C21H22ClFN6O. The minimum Gasteiger partial charge on any atom is -0.357 e. The molecule has 2 aromatic rings. The van der Waals surface area contributed by atoms with Gasteiger partial charge in [-0.3, -0.25) is 9.69 Å². The molecule has 2 aliphatic rings. The van der Waals surface area contributed by atoms with Crippen LogP contribution in [0.25, 0.3) is 0 Å². The zero-order chi connectivity index (χ0) is 21.5. The predicted molar refractivity (Wildman–Crippen MR) is 112 cm³/mol. The smallest absolute Gasteiger partial charge is 0.248 e. The van der Waals surface area contributed by atoms with Gasteiger partial charge in [0.1, 0.15) is 29.8 Å². The average Bonchev–Trinajstić information content (AvgIpc) is 2.71. The van der Waals surface area contributed by atoms with Crippen LogP contribution in [0.5, 0.6) is 0 Å². The Bertz CT molecular complexity index is 1040. The number of hydrogen-bond donors (Lipinski definition) is 2. The van der Waals surface area contributed by atoms with Crippen LogP contribution < -0.4 is 10.9 Å². The molecule has 2 N–H and O–H groups in total. The molecule has 1 aliphatic carbocycles. The summed E-state index contributed by atoms with van der Waals surface area (Å²) in [6.45, 7) is 2.02. The summed E-state index contributed by atoms with van der Waals surface area (Å²) in [5.74, 6) is 0.566. The highest BCUT2D eigenvalue weighted by molar-refractivity contribution is 6.30. The van der Waals surface area contributed by atoms with E-state index in [1.165, 1.54) is 0 Å². The first-order chi connectivity index (χ1) is 14.5. The van der Waals surface area contributed by atoms with E-state index >= 15 is 0 Å². The number of rotatable bonds is 4. The number of hydrogen-bond acceptors (Lipinski definition) is 6. The fourth-order valence-electron chi connectivity index (χ4n) is 3.38. The average molecular weight is 429 g/mol. The number of halogens is 2. The van der Waals surface area contributed by atoms with E-state index in [2.05, 4.69) is 26.3 Å². The van der Waals surface area contributed by atoms with Crippen molar-refractivity contribution in [1.82, 2.24) is 14.9 Å². The van der Waals surface area contributed by atoms with Crippen LogP contribution in [0.2, 0.25) is 5.15 Å². The zero-order valence-corrected chi connectivity index (χ0v) is 17.2. The Kier molecular flexibility index (Phi) is 7.40. The highest BCUT2D eigenvalue weighted by Gasteiger charge is 2.25. The van der Waals surface area contributed by atoms with Gasteiger partial charge in [-0.15, -0.1) is 0 Å². The molecule has 1 fully saturated rings. The maximum absolute atomic E-state index is 11.5. The largest absolute Gasteiger partial charge is 0.357 e. The van der Waals surface area contributed by atoms with Gasteiger partial charge in [0.2, 0.25) is 5.56 Å². The van der Waals surface area contributed by atoms with Crippen molar-refractivity contribution in [3.8, 4) is 12.1 Å². The van der Waals surface area contributed by atoms with Crippen LogP contribution in [0.15, 0.2) is 23.1 Å². The predicted octanol–water partition coefficient (Wildman–Crippen LogP) is 3.30. The van der Waals surface area contributed by atoms with Crippen LogP contribution in [0, 0.1) is 22.7 Å². The second-order valence-corrected chi connectivity index (χ2v) is 7.61. The quantitative estimate of drug-likeness (QED) is 0.571. The monoisotopic (exact) mass is 428 g/mol. The number of pyridine rings is 2. The van der Waals surface area contributed by atoms with Crippen LogP contribution in [0.1, 0.15) is 41.5 Å². The molecule has 9 heteroatoms. The molecule has 0 aromatic carbocycles. The summed E-state index contributed by atoms with van der Waals surface area (Å²) in [4.78, 5) is 20.4. The molecule has 4 rings (SSSR count). The fourth-order valence-corrected chi connectivity index (χ4v) is 3.62. The number of nitrogens with one attached hydrogen (secondary N) is 2. The van der Waals surface area contributed by atoms with Crippen LogP contribution >= 0.6 is 11.6 Å². The molecule has 0 atom stereocenters. The molecule has 0 radical (unpaired) electrons. The molecule has 3 heterocycles. The van der Waals surface area contributed by atoms with E-state index in [1.54, 1.807) is 12.3 Å². The number of fused-ring (bicyclic) bond motifs is 1. The lowest BCUT2D eigenvalue weighted by atomic mass is 9.96. The summed E-state index contributed by atoms with van der Waals surface area (Å²) in [5, 5.41) is 21.3. The summed E-state index contributed by atoms with van der Waals surface area (Å²) < 4.78 is 11.5. The van der Waals surface area contributed by atoms with Gasteiger partial charge in [-0.2, -0.15) is 10.5 Å². The molecule has 0 unspecified atom stereocenters. The van der Waals surface area contributed by atoms with Crippen LogP contribution in [0.4, 0.5) is 10.2 Å². The first-order valence-electron chi connectivity index (χ1n) is 9.78. The SMILES string of the molecule is FC1CCC1.N#CCNc1nc(Cl)c(C#N)c2c1CCN(Cc1cc[nH]c(=O)c1)C2. The van der Waals surface area contributed by atoms with Gasteiger partial charge >= 0.3 is 0 Å². The Morgan fingerprint density at radius 3 is 2.73 bits per heavy atom. The third-order valence-electron chi connectivity index (χ3n) is 5.15. The third-order valence-corrected chi connectivity index (χ3v) is 5.43. The molecule has 1 saturated carbocycles. The number of anilines is 1. The lowest BCUT2D eigenvalue weighted by molar-refractivity contribution is 0.211. The summed E-state index contributed by atoms with van der Waals surface area (Å²) in [7, 11) is 0. The number of H-pyrrole nitrogens is 1. The van der Waals surface area contributed by atoms with Crippen molar-refractivity contribution in [2.75, 3.05) is 18.4 Å². The van der Waals surface area contributed by atoms with E-state index in [-0.39, 0.29) is 17.3 Å². The molecule has 0 amide bonds. The molecule has 156 valence electrons. The number of nitriles is 2. The van der Waals surface area contributed by atoms with E-state index in [1.807, 2.05) is 12.1 Å². The van der Waals surface area contributed by atoms with Crippen molar-refractivity contribution in [3.05, 3.63) is 56.1 Å². The third kappa shape index (κ3) is 5.35. The molecule has 2 aromatic heterocycles. The van der Waals surface area contributed by atoms with E-state index in [9.17, 15) is 14.4 Å². The second kappa shape index (κ2) is 10.2. The minimum atomic E-state index is -0.435. The first-order valence-corrected chi connectivity index (χ1v) is 10.2. The van der Waals surface area contributed by atoms with Gasteiger partial charge in [0.05, 0.1) is 11.6 Å². The maximum atomic E-state index is 11.5. The molecule has 0 bridgehead atoms. The number of aromatic nitrogens is 2. The van der Waals surface area contributed by atoms with Gasteiger partial charge in [-0.1, -0.05) is 11.6 Å². The number of nitrogens with zero attached hydrogens (tertiary/aromatic N) is 4. The van der Waals surface area contributed by atoms with Gasteiger partial charge in [-0.05, 0) is 42.9 Å². The minimum absolute atomic E-state index is 0.123. The highest BCUT2D eigenvalue weighted by atomic mass is 35.5. The first kappa shape index (κ1) is 21.8. The van der Waals surface area contributed by atoms with Crippen molar-refractivity contribution in [1.29, 1.82) is 10.5 Å². The van der Waals surface area contributed by atoms with E-state index in [4.69, 9.17) is 16.9 Å². The van der Waals surface area contributed by atoms with Gasteiger partial charge in [0, 0.05) is 37.5 Å². The summed E-state index contributed by atoms with van der Waals surface area (Å²) in [6, 6.07) is 7.58. The molecule has 0 spiro atoms. The zero-order valence-electron chi connectivity index (χ0n) is 16.4. The fraction of sp³-hybridized carbons (Fsp3) is 0.429. The second-order valence-electron chi connectivity index (χ2n) is 7.26. The highest BCUT2D eigenvalue weighted by Crippen LogP contribution is 2.32. The lowest BCUT2D eigenvalue weighted by Crippen LogP contribution is -2.32. The Hall–Kier alpha value is -2.94. The van der Waals surface area contributed by atoms with Crippen molar-refractivity contribution < 1.29 is 4.39 Å². The van der Waals surface area contributed by atoms with Gasteiger partial charge in [0.15, 0.2) is 0 Å². The van der Waals surface area contributed by atoms with E-state index in [0.717, 1.165) is 42.5 Å². The van der Waals surface area contributed by atoms with Crippen LogP contribution in [0.3, 0.4) is 0 Å². The molecule has 30 heavy (non-hydrogen) atoms. The van der Waals surface area contributed by atoms with Crippen LogP contribution in [-0.2, 0) is 19.5 Å². The van der Waals surface area contributed by atoms with Crippen molar-refractivity contribution >= 4 is 17.4 Å². The standard InChI is InChI=1S/C17H15ClN6O.C4H7F/c18-16-13(8-20)14-10-24(9-11-1-4-21-15(25)7-11)6-2-12(14)17(23-16)22-5-3-19;5-4-2-1-3-4/h1,4,7H,2,5-6,9-10H2,(H,21,25)(H,22,23);4H,1-3H2. The summed E-state index contributed by atoms with van der Waals surface area (Å²) in [5.41, 5.74) is 2.91. The van der Waals surface area contributed by atoms with Crippen molar-refractivity contribution in [3.63, 3.8) is 0 Å². The molecular weight excluding hydrogens is 407 g/mol. The Balaban J connectivity index is 0.000000448. The van der Waals surface area contributed by atoms with Crippen molar-refractivity contribution in [2.45, 2.75) is 44.9 Å². The van der Waals surface area contributed by atoms with E-state index < -0.39 is 6.17 Å². The molecule has 0 saturated heterocycles. The Morgan fingerprint density at radius 1 is 1.37 bits per heavy atom. The lowest BCUT2D eigenvalue weighted by Gasteiger charge is -2.30. The molecule has 7 nitrogen and oxygen atoms in total. The summed E-state index contributed by atoms with van der Waals surface area (Å²) in [6.07, 6.45) is 4.63. The van der Waals surface area contributed by atoms with Gasteiger partial charge < -0.3 is 10.3 Å².